The van der Waals surface area contributed by atoms with Crippen LogP contribution in [0.25, 0.3) is 0 Å². The number of amides is 2. The highest BCUT2D eigenvalue weighted by Gasteiger charge is 2.26. The summed E-state index contributed by atoms with van der Waals surface area (Å²) in [5.74, 6) is 0.498. The first kappa shape index (κ1) is 18.5. The molecule has 1 saturated heterocycles. The number of carbonyl (C=O) groups excluding carboxylic acids is 2. The molecule has 1 aliphatic heterocycles. The van der Waals surface area contributed by atoms with Crippen molar-refractivity contribution in [3.63, 3.8) is 0 Å². The van der Waals surface area contributed by atoms with E-state index in [1.807, 2.05) is 4.90 Å². The Hall–Kier alpha value is -1.30. The third kappa shape index (κ3) is 5.33. The Kier molecular flexibility index (Phi) is 6.20. The number of benzene rings is 1. The molecule has 1 aromatic rings. The van der Waals surface area contributed by atoms with Crippen LogP contribution < -0.4 is 10.6 Å². The first-order valence-corrected chi connectivity index (χ1v) is 9.53. The second kappa shape index (κ2) is 8.39. The van der Waals surface area contributed by atoms with Crippen LogP contribution in [0.3, 0.4) is 0 Å². The molecule has 0 bridgehead atoms. The van der Waals surface area contributed by atoms with Gasteiger partial charge in [0.1, 0.15) is 0 Å². The van der Waals surface area contributed by atoms with E-state index in [1.54, 1.807) is 12.1 Å². The fourth-order valence-electron chi connectivity index (χ4n) is 3.00. The van der Waals surface area contributed by atoms with E-state index in [2.05, 4.69) is 10.6 Å². The third-order valence-electron chi connectivity index (χ3n) is 4.82. The number of likely N-dealkylation sites (tertiary alicyclic amines) is 1. The maximum atomic E-state index is 12.3. The predicted molar refractivity (Wildman–Crippen MR) is 99.1 cm³/mol. The molecule has 0 aromatic heterocycles. The highest BCUT2D eigenvalue weighted by atomic mass is 35.5. The molecule has 2 N–H and O–H groups in total. The molecule has 1 aliphatic carbocycles. The summed E-state index contributed by atoms with van der Waals surface area (Å²) in [4.78, 5) is 26.2. The normalized spacial score (nSPS) is 18.2. The molecule has 2 aliphatic rings. The maximum Gasteiger partial charge on any atom is 0.251 e. The molecule has 136 valence electrons. The van der Waals surface area contributed by atoms with E-state index in [4.69, 9.17) is 23.2 Å². The van der Waals surface area contributed by atoms with Crippen molar-refractivity contribution in [1.29, 1.82) is 0 Å². The molecule has 25 heavy (non-hydrogen) atoms. The maximum absolute atomic E-state index is 12.3. The standard InChI is InChI=1S/C18H23Cl2N3O2/c19-15-4-3-13(9-16(15)20)18(25)22-11-17(24)23-7-5-14(6-8-23)21-10-12-1-2-12/h3-4,9,12,14,21H,1-2,5-8,10-11H2,(H,22,25). The SMILES string of the molecule is O=C(NCC(=O)N1CCC(NCC2CC2)CC1)c1ccc(Cl)c(Cl)c1. The summed E-state index contributed by atoms with van der Waals surface area (Å²) < 4.78 is 0. The highest BCUT2D eigenvalue weighted by molar-refractivity contribution is 6.42. The minimum absolute atomic E-state index is 0.000746. The Labute approximate surface area is 158 Å². The van der Waals surface area contributed by atoms with Crippen molar-refractivity contribution in [1.82, 2.24) is 15.5 Å². The van der Waals surface area contributed by atoms with E-state index >= 15 is 0 Å². The number of hydrogen-bond donors (Lipinski definition) is 2. The average molecular weight is 384 g/mol. The van der Waals surface area contributed by atoms with Crippen LogP contribution in [-0.4, -0.2) is 48.9 Å². The van der Waals surface area contributed by atoms with Crippen molar-refractivity contribution >= 4 is 35.0 Å². The average Bonchev–Trinajstić information content (AvgIpc) is 3.45. The molecule has 2 amide bonds. The topological polar surface area (TPSA) is 61.4 Å². The van der Waals surface area contributed by atoms with E-state index in [9.17, 15) is 9.59 Å². The van der Waals surface area contributed by atoms with Crippen molar-refractivity contribution in [2.75, 3.05) is 26.2 Å². The summed E-state index contributed by atoms with van der Waals surface area (Å²) in [7, 11) is 0. The van der Waals surface area contributed by atoms with Crippen LogP contribution in [0.2, 0.25) is 10.0 Å². The summed E-state index contributed by atoms with van der Waals surface area (Å²) >= 11 is 11.8. The summed E-state index contributed by atoms with van der Waals surface area (Å²) in [5, 5.41) is 6.96. The van der Waals surface area contributed by atoms with Gasteiger partial charge in [0, 0.05) is 24.7 Å². The van der Waals surface area contributed by atoms with Gasteiger partial charge < -0.3 is 15.5 Å². The molecule has 3 rings (SSSR count). The van der Waals surface area contributed by atoms with Crippen LogP contribution in [0.5, 0.6) is 0 Å². The highest BCUT2D eigenvalue weighted by Crippen LogP contribution is 2.28. The van der Waals surface area contributed by atoms with E-state index in [0.717, 1.165) is 38.4 Å². The molecule has 1 aromatic carbocycles. The molecule has 1 saturated carbocycles. The first-order chi connectivity index (χ1) is 12.0. The Morgan fingerprint density at radius 2 is 1.80 bits per heavy atom. The molecule has 1 heterocycles. The van der Waals surface area contributed by atoms with Gasteiger partial charge in [0.05, 0.1) is 16.6 Å². The smallest absolute Gasteiger partial charge is 0.251 e. The lowest BCUT2D eigenvalue weighted by atomic mass is 10.0. The molecule has 7 heteroatoms. The lowest BCUT2D eigenvalue weighted by molar-refractivity contribution is -0.131. The summed E-state index contributed by atoms with van der Waals surface area (Å²) in [5.41, 5.74) is 0.394. The number of rotatable bonds is 6. The van der Waals surface area contributed by atoms with Gasteiger partial charge in [-0.2, -0.15) is 0 Å². The largest absolute Gasteiger partial charge is 0.343 e. The first-order valence-electron chi connectivity index (χ1n) is 8.77. The number of hydrogen-bond acceptors (Lipinski definition) is 3. The van der Waals surface area contributed by atoms with E-state index < -0.39 is 0 Å². The van der Waals surface area contributed by atoms with Crippen molar-refractivity contribution in [3.8, 4) is 0 Å². The monoisotopic (exact) mass is 383 g/mol. The summed E-state index contributed by atoms with van der Waals surface area (Å²) in [6, 6.07) is 5.17. The lowest BCUT2D eigenvalue weighted by Gasteiger charge is -2.32. The minimum Gasteiger partial charge on any atom is -0.343 e. The van der Waals surface area contributed by atoms with Gasteiger partial charge in [0.15, 0.2) is 0 Å². The van der Waals surface area contributed by atoms with Crippen LogP contribution >= 0.6 is 23.2 Å². The predicted octanol–water partition coefficient (Wildman–Crippen LogP) is 2.71. The third-order valence-corrected chi connectivity index (χ3v) is 5.56. The zero-order valence-corrected chi connectivity index (χ0v) is 15.6. The zero-order valence-electron chi connectivity index (χ0n) is 14.1. The molecule has 0 atom stereocenters. The molecule has 5 nitrogen and oxygen atoms in total. The van der Waals surface area contributed by atoms with Gasteiger partial charge in [-0.05, 0) is 56.3 Å². The Balaban J connectivity index is 1.40. The quantitative estimate of drug-likeness (QED) is 0.793. The Morgan fingerprint density at radius 1 is 1.08 bits per heavy atom. The van der Waals surface area contributed by atoms with Crippen molar-refractivity contribution in [3.05, 3.63) is 33.8 Å². The summed E-state index contributed by atoms with van der Waals surface area (Å²) in [6.07, 6.45) is 4.64. The Morgan fingerprint density at radius 3 is 2.44 bits per heavy atom. The van der Waals surface area contributed by atoms with Gasteiger partial charge in [-0.25, -0.2) is 0 Å². The van der Waals surface area contributed by atoms with Gasteiger partial charge in [-0.15, -0.1) is 0 Å². The molecular formula is C18H23Cl2N3O2. The lowest BCUT2D eigenvalue weighted by Crippen LogP contribution is -2.48. The molecule has 2 fully saturated rings. The van der Waals surface area contributed by atoms with Gasteiger partial charge in [-0.1, -0.05) is 23.2 Å². The molecule has 0 unspecified atom stereocenters. The van der Waals surface area contributed by atoms with E-state index in [-0.39, 0.29) is 18.4 Å². The van der Waals surface area contributed by atoms with Crippen molar-refractivity contribution < 1.29 is 9.59 Å². The fourth-order valence-corrected chi connectivity index (χ4v) is 3.29. The van der Waals surface area contributed by atoms with Crippen LogP contribution in [0.4, 0.5) is 0 Å². The summed E-state index contributed by atoms with van der Waals surface area (Å²) in [6.45, 7) is 2.59. The van der Waals surface area contributed by atoms with Gasteiger partial charge in [0.25, 0.3) is 5.91 Å². The van der Waals surface area contributed by atoms with Crippen LogP contribution in [0, 0.1) is 5.92 Å². The number of nitrogens with zero attached hydrogens (tertiary/aromatic N) is 1. The van der Waals surface area contributed by atoms with E-state index in [0.29, 0.717) is 21.7 Å². The number of carbonyl (C=O) groups is 2. The van der Waals surface area contributed by atoms with E-state index in [1.165, 1.54) is 18.9 Å². The van der Waals surface area contributed by atoms with Crippen LogP contribution in [-0.2, 0) is 4.79 Å². The Bertz CT molecular complexity index is 641. The van der Waals surface area contributed by atoms with Crippen molar-refractivity contribution in [2.45, 2.75) is 31.7 Å². The number of halogens is 2. The number of nitrogens with one attached hydrogen (secondary N) is 2. The van der Waals surface area contributed by atoms with Crippen LogP contribution in [0.15, 0.2) is 18.2 Å². The van der Waals surface area contributed by atoms with Gasteiger partial charge >= 0.3 is 0 Å². The fraction of sp³-hybridized carbons (Fsp3) is 0.556. The molecular weight excluding hydrogens is 361 g/mol. The van der Waals surface area contributed by atoms with Gasteiger partial charge in [0.2, 0.25) is 5.91 Å². The van der Waals surface area contributed by atoms with Gasteiger partial charge in [-0.3, -0.25) is 9.59 Å². The minimum atomic E-state index is -0.326. The second-order valence-corrected chi connectivity index (χ2v) is 7.63. The molecule has 0 spiro atoms. The second-order valence-electron chi connectivity index (χ2n) is 6.82. The van der Waals surface area contributed by atoms with Crippen molar-refractivity contribution in [2.24, 2.45) is 5.92 Å². The number of piperidine rings is 1. The van der Waals surface area contributed by atoms with Crippen LogP contribution in [0.1, 0.15) is 36.0 Å². The zero-order chi connectivity index (χ0) is 17.8. The molecule has 0 radical (unpaired) electrons.